The first-order chi connectivity index (χ1) is 11.4. The molecule has 0 radical (unpaired) electrons. The third-order valence-electron chi connectivity index (χ3n) is 4.68. The van der Waals surface area contributed by atoms with Gasteiger partial charge in [0.2, 0.25) is 0 Å². The molecule has 1 nitrogen and oxygen atoms in total. The van der Waals surface area contributed by atoms with Crippen molar-refractivity contribution in [2.24, 2.45) is 5.92 Å². The summed E-state index contributed by atoms with van der Waals surface area (Å²) in [6, 6.07) is 21.5. The summed E-state index contributed by atoms with van der Waals surface area (Å²) in [4.78, 5) is 2.65. The molecule has 0 N–H and O–H groups in total. The fourth-order valence-corrected chi connectivity index (χ4v) is 3.41. The Morgan fingerprint density at radius 2 is 1.70 bits per heavy atom. The molecule has 23 heavy (non-hydrogen) atoms. The number of hydrogen-bond donors (Lipinski definition) is 0. The quantitative estimate of drug-likeness (QED) is 0.722. The summed E-state index contributed by atoms with van der Waals surface area (Å²) in [7, 11) is 0. The molecule has 2 aromatic rings. The van der Waals surface area contributed by atoms with Crippen LogP contribution < -0.4 is 0 Å². The number of hydrogen-bond acceptors (Lipinski definition) is 1. The van der Waals surface area contributed by atoms with E-state index in [-0.39, 0.29) is 0 Å². The number of aryl methyl sites for hydroxylation is 1. The maximum Gasteiger partial charge on any atom is 0.00445 e. The van der Waals surface area contributed by atoms with E-state index < -0.39 is 0 Å². The molecule has 0 spiro atoms. The van der Waals surface area contributed by atoms with Crippen molar-refractivity contribution < 1.29 is 0 Å². The van der Waals surface area contributed by atoms with Crippen LogP contribution in [-0.4, -0.2) is 24.5 Å². The van der Waals surface area contributed by atoms with Gasteiger partial charge in [0.05, 0.1) is 0 Å². The topological polar surface area (TPSA) is 3.24 Å². The van der Waals surface area contributed by atoms with Gasteiger partial charge in [-0.2, -0.15) is 0 Å². The van der Waals surface area contributed by atoms with Crippen molar-refractivity contribution in [3.63, 3.8) is 0 Å². The first kappa shape index (κ1) is 16.0. The van der Waals surface area contributed by atoms with Crippen LogP contribution >= 0.6 is 0 Å². The number of piperidine rings is 1. The summed E-state index contributed by atoms with van der Waals surface area (Å²) in [5.41, 5.74) is 2.78. The van der Waals surface area contributed by atoms with Gasteiger partial charge in [0.15, 0.2) is 0 Å². The fraction of sp³-hybridized carbons (Fsp3) is 0.364. The van der Waals surface area contributed by atoms with Crippen molar-refractivity contribution in [2.45, 2.75) is 25.7 Å². The summed E-state index contributed by atoms with van der Waals surface area (Å²) in [6.07, 6.45) is 9.82. The van der Waals surface area contributed by atoms with Crippen molar-refractivity contribution in [2.75, 3.05) is 19.6 Å². The molecule has 1 aliphatic rings. The molecular formula is C22H27N. The van der Waals surface area contributed by atoms with E-state index in [2.05, 4.69) is 77.7 Å². The van der Waals surface area contributed by atoms with E-state index in [9.17, 15) is 0 Å². The molecule has 1 unspecified atom stereocenters. The molecule has 1 saturated heterocycles. The minimum Gasteiger partial charge on any atom is -0.303 e. The van der Waals surface area contributed by atoms with E-state index in [1.54, 1.807) is 0 Å². The Morgan fingerprint density at radius 1 is 0.957 bits per heavy atom. The summed E-state index contributed by atoms with van der Waals surface area (Å²) in [5.74, 6) is 0.709. The monoisotopic (exact) mass is 305 g/mol. The van der Waals surface area contributed by atoms with E-state index in [4.69, 9.17) is 0 Å². The second kappa shape index (κ2) is 8.69. The van der Waals surface area contributed by atoms with E-state index in [0.29, 0.717) is 5.92 Å². The molecular weight excluding hydrogens is 278 g/mol. The zero-order valence-corrected chi connectivity index (χ0v) is 13.9. The van der Waals surface area contributed by atoms with Crippen LogP contribution in [0.25, 0.3) is 6.08 Å². The molecule has 0 aliphatic carbocycles. The molecule has 0 saturated carbocycles. The SMILES string of the molecule is C(=C/C1CCCN(CCCc2ccccc2)C1)/c1ccccc1. The minimum absolute atomic E-state index is 0.709. The van der Waals surface area contributed by atoms with E-state index in [1.807, 2.05) is 0 Å². The third kappa shape index (κ3) is 5.37. The average molecular weight is 305 g/mol. The normalized spacial score (nSPS) is 19.2. The van der Waals surface area contributed by atoms with Crippen LogP contribution in [0.4, 0.5) is 0 Å². The summed E-state index contributed by atoms with van der Waals surface area (Å²) in [6.45, 7) is 3.72. The smallest absolute Gasteiger partial charge is 0.00445 e. The van der Waals surface area contributed by atoms with Crippen LogP contribution in [0.15, 0.2) is 66.7 Å². The van der Waals surface area contributed by atoms with Crippen LogP contribution in [0, 0.1) is 5.92 Å². The first-order valence-corrected chi connectivity index (χ1v) is 8.90. The first-order valence-electron chi connectivity index (χ1n) is 8.90. The van der Waals surface area contributed by atoms with Gasteiger partial charge in [0.1, 0.15) is 0 Å². The summed E-state index contributed by atoms with van der Waals surface area (Å²) < 4.78 is 0. The van der Waals surface area contributed by atoms with Gasteiger partial charge >= 0.3 is 0 Å². The van der Waals surface area contributed by atoms with Gasteiger partial charge < -0.3 is 4.90 Å². The van der Waals surface area contributed by atoms with Gasteiger partial charge in [-0.25, -0.2) is 0 Å². The molecule has 2 aromatic carbocycles. The lowest BCUT2D eigenvalue weighted by Crippen LogP contribution is -2.35. The molecule has 0 bridgehead atoms. The van der Waals surface area contributed by atoms with Gasteiger partial charge in [-0.1, -0.05) is 72.8 Å². The van der Waals surface area contributed by atoms with Crippen LogP contribution in [0.3, 0.4) is 0 Å². The maximum absolute atomic E-state index is 2.65. The van der Waals surface area contributed by atoms with Crippen LogP contribution in [0.2, 0.25) is 0 Å². The molecule has 0 amide bonds. The van der Waals surface area contributed by atoms with Crippen molar-refractivity contribution in [1.82, 2.24) is 4.90 Å². The Hall–Kier alpha value is -1.86. The molecule has 120 valence electrons. The van der Waals surface area contributed by atoms with Gasteiger partial charge in [0, 0.05) is 6.54 Å². The Bertz CT molecular complexity index is 588. The highest BCUT2D eigenvalue weighted by molar-refractivity contribution is 5.49. The lowest BCUT2D eigenvalue weighted by Gasteiger charge is -2.31. The molecule has 1 aliphatic heterocycles. The number of benzene rings is 2. The Labute approximate surface area is 140 Å². The third-order valence-corrected chi connectivity index (χ3v) is 4.68. The Kier molecular flexibility index (Phi) is 6.05. The highest BCUT2D eigenvalue weighted by Crippen LogP contribution is 2.19. The Balaban J connectivity index is 1.44. The molecule has 3 rings (SSSR count). The standard InChI is InChI=1S/C22H27N/c1-3-9-20(10-4-1)13-7-17-23-18-8-14-22(19-23)16-15-21-11-5-2-6-12-21/h1-6,9-12,15-16,22H,7-8,13-14,17-19H2/b16-15-. The number of rotatable bonds is 6. The summed E-state index contributed by atoms with van der Waals surface area (Å²) in [5, 5.41) is 0. The fourth-order valence-electron chi connectivity index (χ4n) is 3.41. The number of nitrogens with zero attached hydrogens (tertiary/aromatic N) is 1. The molecule has 1 heterocycles. The maximum atomic E-state index is 2.65. The zero-order chi connectivity index (χ0) is 15.7. The average Bonchev–Trinajstić information content (AvgIpc) is 2.62. The van der Waals surface area contributed by atoms with E-state index in [1.165, 1.54) is 56.4 Å². The lowest BCUT2D eigenvalue weighted by atomic mass is 9.96. The van der Waals surface area contributed by atoms with Crippen molar-refractivity contribution in [3.05, 3.63) is 77.9 Å². The van der Waals surface area contributed by atoms with E-state index in [0.717, 1.165) is 0 Å². The summed E-state index contributed by atoms with van der Waals surface area (Å²) >= 11 is 0. The second-order valence-corrected chi connectivity index (χ2v) is 6.56. The second-order valence-electron chi connectivity index (χ2n) is 6.56. The highest BCUT2D eigenvalue weighted by Gasteiger charge is 2.17. The lowest BCUT2D eigenvalue weighted by molar-refractivity contribution is 0.195. The van der Waals surface area contributed by atoms with Gasteiger partial charge in [-0.05, 0) is 55.8 Å². The van der Waals surface area contributed by atoms with Crippen molar-refractivity contribution >= 4 is 6.08 Å². The van der Waals surface area contributed by atoms with Gasteiger partial charge in [0.25, 0.3) is 0 Å². The molecule has 1 atom stereocenters. The molecule has 1 heteroatoms. The number of likely N-dealkylation sites (tertiary alicyclic amines) is 1. The predicted molar refractivity (Wildman–Crippen MR) is 99.4 cm³/mol. The van der Waals surface area contributed by atoms with Crippen LogP contribution in [0.1, 0.15) is 30.4 Å². The highest BCUT2D eigenvalue weighted by atomic mass is 15.1. The minimum atomic E-state index is 0.709. The van der Waals surface area contributed by atoms with Gasteiger partial charge in [-0.15, -0.1) is 0 Å². The molecule has 1 fully saturated rings. The van der Waals surface area contributed by atoms with Crippen LogP contribution in [0.5, 0.6) is 0 Å². The molecule has 0 aromatic heterocycles. The Morgan fingerprint density at radius 3 is 2.48 bits per heavy atom. The van der Waals surface area contributed by atoms with Crippen molar-refractivity contribution in [1.29, 1.82) is 0 Å². The van der Waals surface area contributed by atoms with Crippen molar-refractivity contribution in [3.8, 4) is 0 Å². The zero-order valence-electron chi connectivity index (χ0n) is 13.9. The van der Waals surface area contributed by atoms with E-state index >= 15 is 0 Å². The van der Waals surface area contributed by atoms with Gasteiger partial charge in [-0.3, -0.25) is 0 Å². The predicted octanol–water partition coefficient (Wildman–Crippen LogP) is 5.04. The van der Waals surface area contributed by atoms with Crippen LogP contribution in [-0.2, 0) is 6.42 Å². The largest absolute Gasteiger partial charge is 0.303 e.